The van der Waals surface area contributed by atoms with Crippen LogP contribution in [0, 0.1) is 0 Å². The standard InChI is InChI=1S/C13H16N2O/c1-3-11-10-15(7-4-8-16-2)13-5-6-14-9-12(11)13/h3,5-6,9-10H,1,4,7-8H2,2H3. The molecule has 0 saturated heterocycles. The van der Waals surface area contributed by atoms with Gasteiger partial charge in [0, 0.05) is 49.8 Å². The topological polar surface area (TPSA) is 27.1 Å². The first-order valence-electron chi connectivity index (χ1n) is 5.41. The fraction of sp³-hybridized carbons (Fsp3) is 0.308. The number of pyridine rings is 1. The van der Waals surface area contributed by atoms with E-state index in [1.54, 1.807) is 7.11 Å². The molecule has 0 radical (unpaired) electrons. The molecule has 16 heavy (non-hydrogen) atoms. The lowest BCUT2D eigenvalue weighted by molar-refractivity contribution is 0.190. The van der Waals surface area contributed by atoms with E-state index in [2.05, 4.69) is 22.3 Å². The normalized spacial score (nSPS) is 10.8. The third-order valence-electron chi connectivity index (χ3n) is 2.68. The molecule has 0 spiro atoms. The van der Waals surface area contributed by atoms with Gasteiger partial charge in [0.25, 0.3) is 0 Å². The molecule has 2 aromatic heterocycles. The van der Waals surface area contributed by atoms with Crippen LogP contribution in [0.25, 0.3) is 17.0 Å². The number of fused-ring (bicyclic) bond motifs is 1. The van der Waals surface area contributed by atoms with Gasteiger partial charge in [-0.05, 0) is 12.5 Å². The number of aryl methyl sites for hydroxylation is 1. The fourth-order valence-corrected chi connectivity index (χ4v) is 1.89. The molecule has 84 valence electrons. The van der Waals surface area contributed by atoms with E-state index in [4.69, 9.17) is 4.74 Å². The molecule has 0 unspecified atom stereocenters. The highest BCUT2D eigenvalue weighted by Crippen LogP contribution is 2.21. The molecule has 0 aliphatic rings. The number of nitrogens with zero attached hydrogens (tertiary/aromatic N) is 2. The van der Waals surface area contributed by atoms with E-state index in [1.165, 1.54) is 5.52 Å². The predicted molar refractivity (Wildman–Crippen MR) is 66.3 cm³/mol. The first-order valence-corrected chi connectivity index (χ1v) is 5.41. The Morgan fingerprint density at radius 3 is 3.19 bits per heavy atom. The van der Waals surface area contributed by atoms with Gasteiger partial charge in [-0.25, -0.2) is 0 Å². The SMILES string of the molecule is C=Cc1cn(CCCOC)c2ccncc12. The van der Waals surface area contributed by atoms with Crippen LogP contribution in [0.3, 0.4) is 0 Å². The van der Waals surface area contributed by atoms with Crippen molar-refractivity contribution >= 4 is 17.0 Å². The average molecular weight is 216 g/mol. The highest BCUT2D eigenvalue weighted by Gasteiger charge is 2.05. The average Bonchev–Trinajstić information content (AvgIpc) is 2.68. The van der Waals surface area contributed by atoms with Crippen molar-refractivity contribution in [1.82, 2.24) is 9.55 Å². The summed E-state index contributed by atoms with van der Waals surface area (Å²) in [6.45, 7) is 5.57. The predicted octanol–water partition coefficient (Wildman–Crippen LogP) is 2.72. The van der Waals surface area contributed by atoms with Gasteiger partial charge in [0.1, 0.15) is 0 Å². The summed E-state index contributed by atoms with van der Waals surface area (Å²) in [5.74, 6) is 0. The van der Waals surface area contributed by atoms with E-state index in [0.29, 0.717) is 0 Å². The Hall–Kier alpha value is -1.61. The second-order valence-electron chi connectivity index (χ2n) is 3.72. The lowest BCUT2D eigenvalue weighted by Crippen LogP contribution is -1.99. The fourth-order valence-electron chi connectivity index (χ4n) is 1.89. The summed E-state index contributed by atoms with van der Waals surface area (Å²) in [4.78, 5) is 4.15. The highest BCUT2D eigenvalue weighted by molar-refractivity contribution is 5.88. The Kier molecular flexibility index (Phi) is 3.37. The molecule has 0 aromatic carbocycles. The van der Waals surface area contributed by atoms with E-state index in [9.17, 15) is 0 Å². The molecule has 0 N–H and O–H groups in total. The molecule has 2 aromatic rings. The summed E-state index contributed by atoms with van der Waals surface area (Å²) in [6.07, 6.45) is 8.71. The van der Waals surface area contributed by atoms with Gasteiger partial charge in [0.05, 0.1) is 5.52 Å². The third kappa shape index (κ3) is 1.99. The summed E-state index contributed by atoms with van der Waals surface area (Å²) in [5.41, 5.74) is 2.35. The smallest absolute Gasteiger partial charge is 0.0517 e. The van der Waals surface area contributed by atoms with Crippen LogP contribution in [0.2, 0.25) is 0 Å². The van der Waals surface area contributed by atoms with Gasteiger partial charge in [-0.1, -0.05) is 12.7 Å². The number of hydrogen-bond donors (Lipinski definition) is 0. The lowest BCUT2D eigenvalue weighted by atomic mass is 10.2. The summed E-state index contributed by atoms with van der Waals surface area (Å²) in [7, 11) is 1.73. The second-order valence-corrected chi connectivity index (χ2v) is 3.72. The Morgan fingerprint density at radius 2 is 2.44 bits per heavy atom. The minimum Gasteiger partial charge on any atom is -0.385 e. The molecule has 0 saturated carbocycles. The molecule has 3 heteroatoms. The van der Waals surface area contributed by atoms with Gasteiger partial charge in [0.2, 0.25) is 0 Å². The van der Waals surface area contributed by atoms with Crippen LogP contribution in [-0.2, 0) is 11.3 Å². The van der Waals surface area contributed by atoms with E-state index in [-0.39, 0.29) is 0 Å². The Bertz CT molecular complexity index is 488. The molecule has 0 bridgehead atoms. The van der Waals surface area contributed by atoms with Crippen molar-refractivity contribution < 1.29 is 4.74 Å². The molecule has 3 nitrogen and oxygen atoms in total. The summed E-state index contributed by atoms with van der Waals surface area (Å²) in [6, 6.07) is 2.04. The zero-order chi connectivity index (χ0) is 11.4. The Labute approximate surface area is 95.4 Å². The second kappa shape index (κ2) is 4.94. The van der Waals surface area contributed by atoms with Crippen LogP contribution in [0.4, 0.5) is 0 Å². The van der Waals surface area contributed by atoms with E-state index < -0.39 is 0 Å². The van der Waals surface area contributed by atoms with Crippen molar-refractivity contribution in [3.8, 4) is 0 Å². The van der Waals surface area contributed by atoms with Gasteiger partial charge < -0.3 is 9.30 Å². The zero-order valence-electron chi connectivity index (χ0n) is 9.52. The van der Waals surface area contributed by atoms with Crippen molar-refractivity contribution in [2.24, 2.45) is 0 Å². The van der Waals surface area contributed by atoms with Crippen LogP contribution in [-0.4, -0.2) is 23.3 Å². The summed E-state index contributed by atoms with van der Waals surface area (Å²) < 4.78 is 7.29. The van der Waals surface area contributed by atoms with E-state index in [0.717, 1.165) is 30.5 Å². The number of hydrogen-bond acceptors (Lipinski definition) is 2. The molecular formula is C13H16N2O. The quantitative estimate of drug-likeness (QED) is 0.718. The van der Waals surface area contributed by atoms with E-state index in [1.807, 2.05) is 24.5 Å². The summed E-state index contributed by atoms with van der Waals surface area (Å²) in [5, 5.41) is 1.16. The van der Waals surface area contributed by atoms with Gasteiger partial charge in [-0.2, -0.15) is 0 Å². The van der Waals surface area contributed by atoms with Crippen molar-refractivity contribution in [2.45, 2.75) is 13.0 Å². The van der Waals surface area contributed by atoms with Crippen LogP contribution in [0.15, 0.2) is 31.2 Å². The van der Waals surface area contributed by atoms with Crippen LogP contribution < -0.4 is 0 Å². The number of rotatable bonds is 5. The van der Waals surface area contributed by atoms with Gasteiger partial charge in [0.15, 0.2) is 0 Å². The Morgan fingerprint density at radius 1 is 1.56 bits per heavy atom. The number of ether oxygens (including phenoxy) is 1. The first-order chi connectivity index (χ1) is 7.86. The van der Waals surface area contributed by atoms with Crippen LogP contribution in [0.1, 0.15) is 12.0 Å². The monoisotopic (exact) mass is 216 g/mol. The van der Waals surface area contributed by atoms with Crippen molar-refractivity contribution in [3.63, 3.8) is 0 Å². The maximum atomic E-state index is 5.06. The maximum absolute atomic E-state index is 5.06. The van der Waals surface area contributed by atoms with Crippen molar-refractivity contribution in [3.05, 3.63) is 36.8 Å². The molecule has 0 atom stereocenters. The molecule has 2 heterocycles. The van der Waals surface area contributed by atoms with Crippen LogP contribution >= 0.6 is 0 Å². The zero-order valence-corrected chi connectivity index (χ0v) is 9.52. The van der Waals surface area contributed by atoms with Crippen LogP contribution in [0.5, 0.6) is 0 Å². The lowest BCUT2D eigenvalue weighted by Gasteiger charge is -2.03. The maximum Gasteiger partial charge on any atom is 0.0517 e. The molecular weight excluding hydrogens is 200 g/mol. The number of aromatic nitrogens is 2. The Balaban J connectivity index is 2.33. The third-order valence-corrected chi connectivity index (χ3v) is 2.68. The largest absolute Gasteiger partial charge is 0.385 e. The molecule has 0 fully saturated rings. The van der Waals surface area contributed by atoms with Gasteiger partial charge in [-0.15, -0.1) is 0 Å². The minimum absolute atomic E-state index is 0.786. The molecule has 0 amide bonds. The van der Waals surface area contributed by atoms with E-state index >= 15 is 0 Å². The molecule has 0 aliphatic heterocycles. The van der Waals surface area contributed by atoms with Gasteiger partial charge >= 0.3 is 0 Å². The number of methoxy groups -OCH3 is 1. The summed E-state index contributed by atoms with van der Waals surface area (Å²) >= 11 is 0. The molecule has 2 rings (SSSR count). The minimum atomic E-state index is 0.786. The molecule has 0 aliphatic carbocycles. The van der Waals surface area contributed by atoms with Crippen molar-refractivity contribution in [1.29, 1.82) is 0 Å². The first kappa shape index (κ1) is 10.9. The van der Waals surface area contributed by atoms with Gasteiger partial charge in [-0.3, -0.25) is 4.98 Å². The highest BCUT2D eigenvalue weighted by atomic mass is 16.5. The van der Waals surface area contributed by atoms with Crippen molar-refractivity contribution in [2.75, 3.05) is 13.7 Å².